The minimum atomic E-state index is 0.423. The number of anilines is 2. The van der Waals surface area contributed by atoms with Gasteiger partial charge in [0.05, 0.1) is 0 Å². The monoisotopic (exact) mass is 292 g/mol. The Balaban J connectivity index is 1.84. The maximum absolute atomic E-state index is 4.40. The van der Waals surface area contributed by atoms with Crippen LogP contribution in [0.1, 0.15) is 12.8 Å². The van der Waals surface area contributed by atoms with E-state index in [-0.39, 0.29) is 0 Å². The van der Waals surface area contributed by atoms with Crippen molar-refractivity contribution < 1.29 is 0 Å². The molecule has 2 aromatic heterocycles. The van der Waals surface area contributed by atoms with Crippen LogP contribution in [0.3, 0.4) is 0 Å². The first-order valence-electron chi connectivity index (χ1n) is 6.48. The first-order chi connectivity index (χ1) is 9.85. The number of rotatable bonds is 4. The second kappa shape index (κ2) is 6.04. The molecule has 0 aromatic carbocycles. The van der Waals surface area contributed by atoms with Crippen LogP contribution in [-0.4, -0.2) is 54.3 Å². The first-order valence-corrected chi connectivity index (χ1v) is 7.64. The fraction of sp³-hybridized carbons (Fsp3) is 0.545. The molecular formula is C11H16N8S. The Morgan fingerprint density at radius 2 is 2.00 bits per heavy atom. The summed E-state index contributed by atoms with van der Waals surface area (Å²) in [6, 6.07) is 0.423. The second-order valence-electron chi connectivity index (χ2n) is 4.40. The topological polar surface area (TPSA) is 93.4 Å². The molecule has 106 valence electrons. The Morgan fingerprint density at radius 1 is 1.20 bits per heavy atom. The van der Waals surface area contributed by atoms with Crippen molar-refractivity contribution in [2.75, 3.05) is 29.2 Å². The summed E-state index contributed by atoms with van der Waals surface area (Å²) >= 11 is 1.99. The molecule has 1 aliphatic heterocycles. The Hall–Kier alpha value is -1.90. The molecule has 0 unspecified atom stereocenters. The Kier molecular flexibility index (Phi) is 3.95. The predicted molar refractivity (Wildman–Crippen MR) is 78.3 cm³/mol. The maximum Gasteiger partial charge on any atom is 0.258 e. The van der Waals surface area contributed by atoms with E-state index in [2.05, 4.69) is 35.7 Å². The van der Waals surface area contributed by atoms with Gasteiger partial charge in [-0.25, -0.2) is 4.98 Å². The van der Waals surface area contributed by atoms with E-state index in [1.165, 1.54) is 22.5 Å². The van der Waals surface area contributed by atoms with Crippen LogP contribution in [0.2, 0.25) is 0 Å². The van der Waals surface area contributed by atoms with Gasteiger partial charge in [-0.3, -0.25) is 0 Å². The van der Waals surface area contributed by atoms with E-state index in [9.17, 15) is 0 Å². The summed E-state index contributed by atoms with van der Waals surface area (Å²) in [5.41, 5.74) is 0. The van der Waals surface area contributed by atoms with Crippen LogP contribution in [0.15, 0.2) is 12.7 Å². The summed E-state index contributed by atoms with van der Waals surface area (Å²) < 4.78 is 1.52. The number of hydrogen-bond donors (Lipinski definition) is 2. The zero-order chi connectivity index (χ0) is 13.8. The van der Waals surface area contributed by atoms with Gasteiger partial charge < -0.3 is 10.6 Å². The molecule has 0 saturated carbocycles. The minimum Gasteiger partial charge on any atom is -0.357 e. The molecule has 0 aliphatic carbocycles. The molecule has 0 atom stereocenters. The number of nitrogens with zero attached hydrogens (tertiary/aromatic N) is 6. The van der Waals surface area contributed by atoms with E-state index in [1.807, 2.05) is 11.8 Å². The SMILES string of the molecule is CNc1nc(NC2CCSCC2)nc(-n2cncn2)n1. The molecule has 0 bridgehead atoms. The van der Waals surface area contributed by atoms with E-state index in [0.29, 0.717) is 23.9 Å². The molecule has 2 aromatic rings. The summed E-state index contributed by atoms with van der Waals surface area (Å²) in [6.07, 6.45) is 5.28. The zero-order valence-electron chi connectivity index (χ0n) is 11.2. The van der Waals surface area contributed by atoms with Gasteiger partial charge >= 0.3 is 0 Å². The van der Waals surface area contributed by atoms with Crippen molar-refractivity contribution in [2.24, 2.45) is 0 Å². The van der Waals surface area contributed by atoms with Crippen LogP contribution >= 0.6 is 11.8 Å². The van der Waals surface area contributed by atoms with Crippen LogP contribution in [0, 0.1) is 0 Å². The summed E-state index contributed by atoms with van der Waals surface area (Å²) in [6.45, 7) is 0. The average molecular weight is 292 g/mol. The molecule has 3 heterocycles. The Morgan fingerprint density at radius 3 is 2.70 bits per heavy atom. The molecule has 20 heavy (non-hydrogen) atoms. The highest BCUT2D eigenvalue weighted by Crippen LogP contribution is 2.20. The van der Waals surface area contributed by atoms with Crippen molar-refractivity contribution in [3.63, 3.8) is 0 Å². The maximum atomic E-state index is 4.40. The highest BCUT2D eigenvalue weighted by atomic mass is 32.2. The molecule has 2 N–H and O–H groups in total. The van der Waals surface area contributed by atoms with E-state index in [0.717, 1.165) is 12.8 Å². The van der Waals surface area contributed by atoms with Gasteiger partial charge in [0.15, 0.2) is 0 Å². The highest BCUT2D eigenvalue weighted by molar-refractivity contribution is 7.99. The lowest BCUT2D eigenvalue weighted by molar-refractivity contribution is 0.657. The molecular weight excluding hydrogens is 276 g/mol. The summed E-state index contributed by atoms with van der Waals surface area (Å²) in [4.78, 5) is 16.9. The predicted octanol–water partition coefficient (Wildman–Crippen LogP) is 0.801. The van der Waals surface area contributed by atoms with Crippen molar-refractivity contribution >= 4 is 23.7 Å². The minimum absolute atomic E-state index is 0.423. The molecule has 8 nitrogen and oxygen atoms in total. The van der Waals surface area contributed by atoms with Gasteiger partial charge in [0, 0.05) is 13.1 Å². The molecule has 1 saturated heterocycles. The smallest absolute Gasteiger partial charge is 0.258 e. The van der Waals surface area contributed by atoms with Crippen molar-refractivity contribution in [1.82, 2.24) is 29.7 Å². The molecule has 0 amide bonds. The van der Waals surface area contributed by atoms with Crippen molar-refractivity contribution in [3.8, 4) is 5.95 Å². The van der Waals surface area contributed by atoms with Crippen LogP contribution in [-0.2, 0) is 0 Å². The van der Waals surface area contributed by atoms with Gasteiger partial charge in [0.25, 0.3) is 5.95 Å². The molecule has 1 aliphatic rings. The second-order valence-corrected chi connectivity index (χ2v) is 5.63. The fourth-order valence-corrected chi connectivity index (χ4v) is 3.09. The van der Waals surface area contributed by atoms with Gasteiger partial charge in [-0.2, -0.15) is 36.5 Å². The van der Waals surface area contributed by atoms with E-state index < -0.39 is 0 Å². The van der Waals surface area contributed by atoms with Gasteiger partial charge in [-0.15, -0.1) is 0 Å². The van der Waals surface area contributed by atoms with E-state index in [4.69, 9.17) is 0 Å². The lowest BCUT2D eigenvalue weighted by atomic mass is 10.2. The normalized spacial score (nSPS) is 16.1. The van der Waals surface area contributed by atoms with Crippen molar-refractivity contribution in [1.29, 1.82) is 0 Å². The molecule has 1 fully saturated rings. The zero-order valence-corrected chi connectivity index (χ0v) is 12.0. The molecule has 0 radical (unpaired) electrons. The molecule has 0 spiro atoms. The number of hydrogen-bond acceptors (Lipinski definition) is 8. The Bertz CT molecular complexity index is 552. The number of thioether (sulfide) groups is 1. The van der Waals surface area contributed by atoms with Crippen molar-refractivity contribution in [2.45, 2.75) is 18.9 Å². The van der Waals surface area contributed by atoms with Crippen LogP contribution in [0.5, 0.6) is 0 Å². The lowest BCUT2D eigenvalue weighted by Crippen LogP contribution is -2.26. The summed E-state index contributed by atoms with van der Waals surface area (Å²) in [5.74, 6) is 3.90. The number of aromatic nitrogens is 6. The number of nitrogens with one attached hydrogen (secondary N) is 2. The Labute approximate surface area is 120 Å². The summed E-state index contributed by atoms with van der Waals surface area (Å²) in [5, 5.41) is 10.4. The van der Waals surface area contributed by atoms with E-state index >= 15 is 0 Å². The van der Waals surface area contributed by atoms with Gasteiger partial charge in [-0.05, 0) is 24.3 Å². The van der Waals surface area contributed by atoms with Crippen LogP contribution in [0.25, 0.3) is 5.95 Å². The third-order valence-electron chi connectivity index (χ3n) is 3.03. The fourth-order valence-electron chi connectivity index (χ4n) is 1.98. The van der Waals surface area contributed by atoms with Crippen molar-refractivity contribution in [3.05, 3.63) is 12.7 Å². The molecule has 3 rings (SSSR count). The van der Waals surface area contributed by atoms with Crippen LogP contribution < -0.4 is 10.6 Å². The van der Waals surface area contributed by atoms with E-state index in [1.54, 1.807) is 13.4 Å². The van der Waals surface area contributed by atoms with Gasteiger partial charge in [-0.1, -0.05) is 0 Å². The summed E-state index contributed by atoms with van der Waals surface area (Å²) in [7, 11) is 1.78. The third-order valence-corrected chi connectivity index (χ3v) is 4.07. The highest BCUT2D eigenvalue weighted by Gasteiger charge is 2.16. The van der Waals surface area contributed by atoms with Gasteiger partial charge in [0.2, 0.25) is 11.9 Å². The van der Waals surface area contributed by atoms with Crippen LogP contribution in [0.4, 0.5) is 11.9 Å². The lowest BCUT2D eigenvalue weighted by Gasteiger charge is -2.22. The first kappa shape index (κ1) is 13.1. The average Bonchev–Trinajstić information content (AvgIpc) is 3.02. The standard InChI is InChI=1S/C11H16N8S/c1-12-9-16-10(15-8-2-4-20-5-3-8)18-11(17-9)19-7-13-6-14-19/h6-8H,2-5H2,1H3,(H2,12,15,16,17,18). The largest absolute Gasteiger partial charge is 0.357 e. The van der Waals surface area contributed by atoms with Gasteiger partial charge in [0.1, 0.15) is 12.7 Å². The third kappa shape index (κ3) is 2.98. The molecule has 9 heteroatoms. The quantitative estimate of drug-likeness (QED) is 0.854.